The maximum atomic E-state index is 4.82. The first kappa shape index (κ1) is 8.40. The zero-order valence-electron chi connectivity index (χ0n) is 6.65. The van der Waals surface area contributed by atoms with E-state index >= 15 is 0 Å². The van der Waals surface area contributed by atoms with Crippen LogP contribution in [0.4, 0.5) is 0 Å². The molecule has 0 aliphatic rings. The van der Waals surface area contributed by atoms with Crippen molar-refractivity contribution in [3.05, 3.63) is 33.0 Å². The number of hydrogen-bond donors (Lipinski definition) is 2. The van der Waals surface area contributed by atoms with E-state index < -0.39 is 0 Å². The van der Waals surface area contributed by atoms with E-state index in [0.717, 1.165) is 5.82 Å². The molecule has 0 amide bonds. The summed E-state index contributed by atoms with van der Waals surface area (Å²) in [6, 6.07) is 4.06. The normalized spacial score (nSPS) is 11.1. The Bertz CT molecular complexity index is 450. The monoisotopic (exact) mass is 209 g/mol. The fraction of sp³-hybridized carbons (Fsp3) is 0. The first-order valence-corrected chi connectivity index (χ1v) is 5.00. The lowest BCUT2D eigenvalue weighted by Crippen LogP contribution is -1.72. The molecule has 3 nitrogen and oxygen atoms in total. The van der Waals surface area contributed by atoms with Crippen molar-refractivity contribution in [2.75, 3.05) is 0 Å². The molecular weight excluding hydrogens is 202 g/mol. The van der Waals surface area contributed by atoms with Crippen LogP contribution in [-0.4, -0.2) is 15.2 Å². The summed E-state index contributed by atoms with van der Waals surface area (Å²) in [4.78, 5) is 5.23. The highest BCUT2D eigenvalue weighted by atomic mass is 32.1. The number of rotatable bonds is 2. The molecule has 0 fully saturated rings. The largest absolute Gasteiger partial charge is 0.282 e. The highest BCUT2D eigenvalue weighted by Gasteiger charge is 1.90. The molecule has 2 aromatic heterocycles. The predicted octanol–water partition coefficient (Wildman–Crippen LogP) is 2.70. The summed E-state index contributed by atoms with van der Waals surface area (Å²) in [5.41, 5.74) is 0. The van der Waals surface area contributed by atoms with Crippen molar-refractivity contribution in [2.24, 2.45) is 0 Å². The Labute approximate surface area is 84.1 Å². The van der Waals surface area contributed by atoms with Gasteiger partial charge in [-0.1, -0.05) is 6.07 Å². The Morgan fingerprint density at radius 1 is 1.38 bits per heavy atom. The molecule has 5 heteroatoms. The summed E-state index contributed by atoms with van der Waals surface area (Å²) in [7, 11) is 0. The van der Waals surface area contributed by atoms with E-state index in [9.17, 15) is 0 Å². The number of nitrogens with one attached hydrogen (secondary N) is 2. The molecule has 2 heterocycles. The maximum absolute atomic E-state index is 4.82. The molecule has 2 rings (SSSR count). The van der Waals surface area contributed by atoms with Crippen molar-refractivity contribution < 1.29 is 0 Å². The second kappa shape index (κ2) is 3.68. The van der Waals surface area contributed by atoms with Gasteiger partial charge in [-0.25, -0.2) is 4.98 Å². The Hall–Kier alpha value is -1.20. The van der Waals surface area contributed by atoms with Crippen LogP contribution < -0.4 is 0 Å². The van der Waals surface area contributed by atoms with E-state index in [4.69, 9.17) is 12.2 Å². The van der Waals surface area contributed by atoms with Crippen LogP contribution in [0, 0.1) is 4.77 Å². The Morgan fingerprint density at radius 2 is 2.31 bits per heavy atom. The summed E-state index contributed by atoms with van der Waals surface area (Å²) in [5.74, 6) is 0.749. The first-order valence-electron chi connectivity index (χ1n) is 3.71. The molecule has 13 heavy (non-hydrogen) atoms. The van der Waals surface area contributed by atoms with Crippen molar-refractivity contribution in [3.63, 3.8) is 0 Å². The van der Waals surface area contributed by atoms with Gasteiger partial charge >= 0.3 is 0 Å². The number of hydrogen-bond acceptors (Lipinski definition) is 3. The summed E-state index contributed by atoms with van der Waals surface area (Å²) < 4.78 is 0.478. The minimum absolute atomic E-state index is 0.478. The van der Waals surface area contributed by atoms with Gasteiger partial charge in [0.05, 0.1) is 0 Å². The molecule has 0 bridgehead atoms. The topological polar surface area (TPSA) is 44.5 Å². The van der Waals surface area contributed by atoms with Crippen LogP contribution >= 0.6 is 23.6 Å². The van der Waals surface area contributed by atoms with Crippen molar-refractivity contribution in [3.8, 4) is 0 Å². The van der Waals surface area contributed by atoms with E-state index in [1.165, 1.54) is 4.88 Å². The van der Waals surface area contributed by atoms with Gasteiger partial charge in [-0.3, -0.25) is 10.2 Å². The Kier molecular flexibility index (Phi) is 2.37. The fourth-order valence-electron chi connectivity index (χ4n) is 0.909. The standard InChI is InChI=1S/C8H7N3S2/c12-8-9-7(10-11-8)4-3-6-2-1-5-13-6/h1-5H,(H2,9,10,11,12)/b4-3+. The van der Waals surface area contributed by atoms with E-state index in [2.05, 4.69) is 15.2 Å². The van der Waals surface area contributed by atoms with Gasteiger partial charge in [-0.05, 0) is 35.8 Å². The van der Waals surface area contributed by atoms with Crippen LogP contribution in [0.3, 0.4) is 0 Å². The van der Waals surface area contributed by atoms with Gasteiger partial charge in [-0.15, -0.1) is 11.3 Å². The Morgan fingerprint density at radius 3 is 2.92 bits per heavy atom. The van der Waals surface area contributed by atoms with Gasteiger partial charge in [0.25, 0.3) is 0 Å². The van der Waals surface area contributed by atoms with Gasteiger partial charge in [0.15, 0.2) is 0 Å². The maximum Gasteiger partial charge on any atom is 0.213 e. The van der Waals surface area contributed by atoms with Crippen molar-refractivity contribution >= 4 is 35.7 Å². The molecular formula is C8H7N3S2. The van der Waals surface area contributed by atoms with Crippen molar-refractivity contribution in [1.29, 1.82) is 0 Å². The number of thiophene rings is 1. The van der Waals surface area contributed by atoms with Gasteiger partial charge in [0.2, 0.25) is 4.77 Å². The molecule has 0 saturated carbocycles. The molecule has 0 aromatic carbocycles. The second-order valence-corrected chi connectivity index (χ2v) is 3.77. The zero-order chi connectivity index (χ0) is 9.10. The molecule has 0 spiro atoms. The lowest BCUT2D eigenvalue weighted by Gasteiger charge is -1.81. The third-order valence-corrected chi connectivity index (χ3v) is 2.50. The molecule has 2 N–H and O–H groups in total. The second-order valence-electron chi connectivity index (χ2n) is 2.40. The van der Waals surface area contributed by atoms with Crippen LogP contribution in [0.25, 0.3) is 12.2 Å². The van der Waals surface area contributed by atoms with E-state index in [1.54, 1.807) is 11.3 Å². The van der Waals surface area contributed by atoms with Crippen LogP contribution in [0.2, 0.25) is 0 Å². The molecule has 0 saturated heterocycles. The average molecular weight is 209 g/mol. The predicted molar refractivity (Wildman–Crippen MR) is 57.0 cm³/mol. The molecule has 2 aromatic rings. The van der Waals surface area contributed by atoms with Crippen molar-refractivity contribution in [1.82, 2.24) is 15.2 Å². The van der Waals surface area contributed by atoms with Gasteiger partial charge < -0.3 is 0 Å². The summed E-state index contributed by atoms with van der Waals surface area (Å²) in [5, 5.41) is 7.61. The Balaban J connectivity index is 2.19. The zero-order valence-corrected chi connectivity index (χ0v) is 8.28. The summed E-state index contributed by atoms with van der Waals surface area (Å²) >= 11 is 6.50. The number of nitrogens with zero attached hydrogens (tertiary/aromatic N) is 1. The third-order valence-electron chi connectivity index (χ3n) is 1.47. The first-order chi connectivity index (χ1) is 6.34. The van der Waals surface area contributed by atoms with Crippen LogP contribution in [0.5, 0.6) is 0 Å². The lowest BCUT2D eigenvalue weighted by atomic mass is 10.4. The lowest BCUT2D eigenvalue weighted by molar-refractivity contribution is 1.07. The molecule has 0 aliphatic carbocycles. The van der Waals surface area contributed by atoms with Gasteiger partial charge in [0.1, 0.15) is 5.82 Å². The highest BCUT2D eigenvalue weighted by Crippen LogP contribution is 2.11. The summed E-state index contributed by atoms with van der Waals surface area (Å²) in [6.45, 7) is 0. The quantitative estimate of drug-likeness (QED) is 0.747. The SMILES string of the molecule is S=c1nc(/C=C/c2cccs2)[nH][nH]1. The molecule has 0 radical (unpaired) electrons. The minimum atomic E-state index is 0.478. The molecule has 0 aliphatic heterocycles. The molecule has 0 unspecified atom stereocenters. The fourth-order valence-corrected chi connectivity index (χ4v) is 1.68. The number of aromatic nitrogens is 3. The number of H-pyrrole nitrogens is 2. The van der Waals surface area contributed by atoms with Crippen molar-refractivity contribution in [2.45, 2.75) is 0 Å². The van der Waals surface area contributed by atoms with Crippen LogP contribution in [0.15, 0.2) is 17.5 Å². The number of aromatic amines is 2. The third kappa shape index (κ3) is 2.13. The summed E-state index contributed by atoms with van der Waals surface area (Å²) in [6.07, 6.45) is 3.88. The highest BCUT2D eigenvalue weighted by molar-refractivity contribution is 7.71. The minimum Gasteiger partial charge on any atom is -0.282 e. The molecule has 66 valence electrons. The smallest absolute Gasteiger partial charge is 0.213 e. The van der Waals surface area contributed by atoms with E-state index in [1.807, 2.05) is 29.7 Å². The van der Waals surface area contributed by atoms with Gasteiger partial charge in [0, 0.05) is 4.88 Å². The van der Waals surface area contributed by atoms with E-state index in [0.29, 0.717) is 4.77 Å². The van der Waals surface area contributed by atoms with Gasteiger partial charge in [-0.2, -0.15) is 0 Å². The van der Waals surface area contributed by atoms with Crippen LogP contribution in [-0.2, 0) is 0 Å². The molecule has 0 atom stereocenters. The van der Waals surface area contributed by atoms with E-state index in [-0.39, 0.29) is 0 Å². The van der Waals surface area contributed by atoms with Crippen LogP contribution in [0.1, 0.15) is 10.7 Å². The average Bonchev–Trinajstić information content (AvgIpc) is 2.71.